The van der Waals surface area contributed by atoms with Gasteiger partial charge in [-0.15, -0.1) is 11.3 Å². The molecule has 4 aromatic heterocycles. The maximum atomic E-state index is 13.1. The van der Waals surface area contributed by atoms with Gasteiger partial charge in [-0.1, -0.05) is 12.1 Å². The van der Waals surface area contributed by atoms with Gasteiger partial charge in [0.25, 0.3) is 0 Å². The van der Waals surface area contributed by atoms with Crippen molar-refractivity contribution < 1.29 is 13.2 Å². The topological polar surface area (TPSA) is 93.5 Å². The number of aryl methyl sites for hydroxylation is 2. The summed E-state index contributed by atoms with van der Waals surface area (Å²) in [4.78, 5) is 19.5. The molecule has 2 N–H and O–H groups in total. The van der Waals surface area contributed by atoms with Crippen LogP contribution in [0.5, 0.6) is 0 Å². The van der Waals surface area contributed by atoms with Crippen molar-refractivity contribution in [2.45, 2.75) is 45.5 Å². The summed E-state index contributed by atoms with van der Waals surface area (Å²) < 4.78 is 39.2. The van der Waals surface area contributed by atoms with E-state index in [1.54, 1.807) is 6.07 Å². The Kier molecular flexibility index (Phi) is 7.13. The molecule has 1 aliphatic rings. The Hall–Kier alpha value is -4.01. The van der Waals surface area contributed by atoms with E-state index < -0.39 is 12.6 Å². The summed E-state index contributed by atoms with van der Waals surface area (Å²) in [7, 11) is 0. The number of H-pyrrole nitrogens is 1. The average molecular weight is 576 g/mol. The standard InChI is InChI=1S/C30H28F3N7S/c1-17-3-4-19(12-35-17)7-21-14-40(13-20-5-6-26-24(18(20)2)8-22(11-34)38-26)15-27(21)39-28-25-9-23(10-30(31,32)33)41-29(25)37-16-36-28/h3-6,8-9,12,16,21,27,38H,7,10,13-15H2,1-2H3,(H,36,37,39). The first-order valence-electron chi connectivity index (χ1n) is 13.4. The zero-order valence-corrected chi connectivity index (χ0v) is 23.4. The van der Waals surface area contributed by atoms with Crippen molar-refractivity contribution >= 4 is 38.3 Å². The fraction of sp³-hybridized carbons (Fsp3) is 0.333. The molecule has 6 rings (SSSR count). The third-order valence-electron chi connectivity index (χ3n) is 7.76. The van der Waals surface area contributed by atoms with E-state index in [0.29, 0.717) is 21.7 Å². The van der Waals surface area contributed by atoms with Crippen molar-refractivity contribution in [1.82, 2.24) is 24.8 Å². The van der Waals surface area contributed by atoms with Gasteiger partial charge in [0.15, 0.2) is 0 Å². The highest BCUT2D eigenvalue weighted by Crippen LogP contribution is 2.34. The number of alkyl halides is 3. The number of likely N-dealkylation sites (tertiary alicyclic amines) is 1. The SMILES string of the molecule is Cc1ccc(CC2CN(Cc3ccc4[nH]c(C#N)cc4c3C)CC2Nc2ncnc3sc(CC(F)(F)F)cc23)cn1. The number of nitrogens with one attached hydrogen (secondary N) is 2. The van der Waals surface area contributed by atoms with Crippen LogP contribution in [0.4, 0.5) is 19.0 Å². The number of pyridine rings is 1. The van der Waals surface area contributed by atoms with Gasteiger partial charge in [0, 0.05) is 53.3 Å². The summed E-state index contributed by atoms with van der Waals surface area (Å²) in [5.41, 5.74) is 5.92. The molecule has 0 radical (unpaired) electrons. The molecule has 210 valence electrons. The van der Waals surface area contributed by atoms with Crippen LogP contribution >= 0.6 is 11.3 Å². The second-order valence-corrected chi connectivity index (χ2v) is 11.9. The maximum Gasteiger partial charge on any atom is 0.393 e. The molecule has 11 heteroatoms. The van der Waals surface area contributed by atoms with Crippen LogP contribution in [0.1, 0.15) is 33.0 Å². The zero-order chi connectivity index (χ0) is 28.7. The van der Waals surface area contributed by atoms with Gasteiger partial charge in [0.2, 0.25) is 0 Å². The van der Waals surface area contributed by atoms with Crippen LogP contribution in [-0.4, -0.2) is 50.1 Å². The number of thiophene rings is 1. The van der Waals surface area contributed by atoms with Crippen molar-refractivity contribution in [3.8, 4) is 6.07 Å². The molecule has 1 fully saturated rings. The Labute approximate surface area is 239 Å². The minimum atomic E-state index is -4.28. The molecule has 1 aliphatic heterocycles. The molecule has 7 nitrogen and oxygen atoms in total. The number of halogens is 3. The predicted octanol–water partition coefficient (Wildman–Crippen LogP) is 6.32. The minimum Gasteiger partial charge on any atom is -0.365 e. The normalized spacial score (nSPS) is 17.9. The lowest BCUT2D eigenvalue weighted by atomic mass is 9.95. The van der Waals surface area contributed by atoms with Gasteiger partial charge >= 0.3 is 6.18 Å². The molecular formula is C30H28F3N7S. The van der Waals surface area contributed by atoms with Crippen molar-refractivity contribution in [2.24, 2.45) is 5.92 Å². The second-order valence-electron chi connectivity index (χ2n) is 10.8. The Morgan fingerprint density at radius 3 is 2.71 bits per heavy atom. The average Bonchev–Trinajstić information content (AvgIpc) is 3.63. The third-order valence-corrected chi connectivity index (χ3v) is 8.81. The van der Waals surface area contributed by atoms with E-state index in [-0.39, 0.29) is 16.8 Å². The fourth-order valence-electron chi connectivity index (χ4n) is 5.73. The van der Waals surface area contributed by atoms with Crippen LogP contribution in [0.25, 0.3) is 21.1 Å². The van der Waals surface area contributed by atoms with Gasteiger partial charge < -0.3 is 10.3 Å². The van der Waals surface area contributed by atoms with Crippen LogP contribution in [0.3, 0.4) is 0 Å². The quantitative estimate of drug-likeness (QED) is 0.236. The first kappa shape index (κ1) is 27.2. The number of aromatic amines is 1. The molecule has 0 aliphatic carbocycles. The number of hydrogen-bond donors (Lipinski definition) is 2. The summed E-state index contributed by atoms with van der Waals surface area (Å²) in [6.45, 7) is 6.35. The van der Waals surface area contributed by atoms with Crippen LogP contribution in [0, 0.1) is 31.1 Å². The maximum absolute atomic E-state index is 13.1. The second kappa shape index (κ2) is 10.8. The molecule has 1 aromatic carbocycles. The van der Waals surface area contributed by atoms with Gasteiger partial charge in [-0.25, -0.2) is 9.97 Å². The smallest absolute Gasteiger partial charge is 0.365 e. The van der Waals surface area contributed by atoms with Crippen LogP contribution in [0.2, 0.25) is 0 Å². The fourth-order valence-corrected chi connectivity index (χ4v) is 6.76. The number of benzene rings is 1. The Bertz CT molecular complexity index is 1750. The van der Waals surface area contributed by atoms with Crippen molar-refractivity contribution in [3.63, 3.8) is 0 Å². The molecule has 2 atom stereocenters. The van der Waals surface area contributed by atoms with E-state index in [1.807, 2.05) is 31.3 Å². The van der Waals surface area contributed by atoms with Crippen molar-refractivity contribution in [3.05, 3.63) is 81.9 Å². The number of fused-ring (bicyclic) bond motifs is 2. The number of hydrogen-bond acceptors (Lipinski definition) is 7. The van der Waals surface area contributed by atoms with E-state index >= 15 is 0 Å². The van der Waals surface area contributed by atoms with Crippen molar-refractivity contribution in [2.75, 3.05) is 18.4 Å². The van der Waals surface area contributed by atoms with Gasteiger partial charge in [0.1, 0.15) is 28.7 Å². The Morgan fingerprint density at radius 2 is 1.95 bits per heavy atom. The number of aromatic nitrogens is 4. The summed E-state index contributed by atoms with van der Waals surface area (Å²) >= 11 is 1.06. The molecule has 5 heterocycles. The highest BCUT2D eigenvalue weighted by molar-refractivity contribution is 7.18. The van der Waals surface area contributed by atoms with E-state index in [2.05, 4.69) is 55.3 Å². The zero-order valence-electron chi connectivity index (χ0n) is 22.6. The lowest BCUT2D eigenvalue weighted by molar-refractivity contribution is -0.126. The van der Waals surface area contributed by atoms with E-state index in [0.717, 1.165) is 65.1 Å². The lowest BCUT2D eigenvalue weighted by Gasteiger charge is -2.21. The van der Waals surface area contributed by atoms with E-state index in [9.17, 15) is 18.4 Å². The highest BCUT2D eigenvalue weighted by Gasteiger charge is 2.34. The molecule has 1 saturated heterocycles. The predicted molar refractivity (Wildman–Crippen MR) is 154 cm³/mol. The molecule has 0 bridgehead atoms. The van der Waals surface area contributed by atoms with Gasteiger partial charge in [-0.05, 0) is 67.1 Å². The van der Waals surface area contributed by atoms with Crippen molar-refractivity contribution in [1.29, 1.82) is 5.26 Å². The van der Waals surface area contributed by atoms with Crippen LogP contribution < -0.4 is 5.32 Å². The Balaban J connectivity index is 1.27. The van der Waals surface area contributed by atoms with Crippen LogP contribution in [-0.2, 0) is 19.4 Å². The minimum absolute atomic E-state index is 0.0156. The molecular weight excluding hydrogens is 547 g/mol. The third kappa shape index (κ3) is 5.89. The first-order chi connectivity index (χ1) is 19.6. The monoisotopic (exact) mass is 575 g/mol. The summed E-state index contributed by atoms with van der Waals surface area (Å²) in [6.07, 6.45) is -1.13. The highest BCUT2D eigenvalue weighted by atomic mass is 32.1. The molecule has 0 amide bonds. The number of nitrogens with zero attached hydrogens (tertiary/aromatic N) is 5. The summed E-state index contributed by atoms with van der Waals surface area (Å²) in [6, 6.07) is 13.9. The molecule has 5 aromatic rings. The molecule has 0 spiro atoms. The largest absolute Gasteiger partial charge is 0.393 e. The lowest BCUT2D eigenvalue weighted by Crippen LogP contribution is -2.30. The molecule has 2 unspecified atom stereocenters. The van der Waals surface area contributed by atoms with Gasteiger partial charge in [-0.3, -0.25) is 9.88 Å². The number of rotatable bonds is 7. The van der Waals surface area contributed by atoms with E-state index in [4.69, 9.17) is 0 Å². The van der Waals surface area contributed by atoms with E-state index in [1.165, 1.54) is 11.9 Å². The van der Waals surface area contributed by atoms with Crippen LogP contribution in [0.15, 0.2) is 48.9 Å². The first-order valence-corrected chi connectivity index (χ1v) is 14.2. The van der Waals surface area contributed by atoms with Gasteiger partial charge in [0.05, 0.1) is 11.8 Å². The summed E-state index contributed by atoms with van der Waals surface area (Å²) in [5, 5.41) is 14.6. The summed E-state index contributed by atoms with van der Waals surface area (Å²) in [5.74, 6) is 0.784. The number of nitriles is 1. The molecule has 41 heavy (non-hydrogen) atoms. The Morgan fingerprint density at radius 1 is 1.10 bits per heavy atom. The number of anilines is 1. The molecule has 0 saturated carbocycles. The van der Waals surface area contributed by atoms with Gasteiger partial charge in [-0.2, -0.15) is 18.4 Å².